The van der Waals surface area contributed by atoms with Gasteiger partial charge in [0.05, 0.1) is 5.69 Å². The lowest BCUT2D eigenvalue weighted by atomic mass is 10.0. The summed E-state index contributed by atoms with van der Waals surface area (Å²) in [6, 6.07) is 8.69. The first-order valence-corrected chi connectivity index (χ1v) is 8.21. The molecule has 0 radical (unpaired) electrons. The van der Waals surface area contributed by atoms with Gasteiger partial charge in [-0.05, 0) is 31.5 Å². The van der Waals surface area contributed by atoms with Crippen LogP contribution in [0.5, 0.6) is 0 Å². The Bertz CT molecular complexity index is 774. The van der Waals surface area contributed by atoms with Crippen molar-refractivity contribution in [3.8, 4) is 0 Å². The molecule has 2 aromatic heterocycles. The van der Waals surface area contributed by atoms with E-state index in [0.717, 1.165) is 30.3 Å². The monoisotopic (exact) mass is 298 g/mol. The van der Waals surface area contributed by atoms with Gasteiger partial charge in [-0.15, -0.1) is 11.3 Å². The Labute approximate surface area is 128 Å². The van der Waals surface area contributed by atoms with Gasteiger partial charge in [0.2, 0.25) is 0 Å². The molecule has 108 valence electrons. The van der Waals surface area contributed by atoms with E-state index >= 15 is 0 Å². The van der Waals surface area contributed by atoms with Gasteiger partial charge in [0.15, 0.2) is 10.8 Å². The Balaban J connectivity index is 1.87. The molecule has 0 saturated carbocycles. The van der Waals surface area contributed by atoms with Crippen molar-refractivity contribution in [3.63, 3.8) is 0 Å². The Kier molecular flexibility index (Phi) is 3.16. The first kappa shape index (κ1) is 12.9. The summed E-state index contributed by atoms with van der Waals surface area (Å²) >= 11 is 1.69. The Morgan fingerprint density at radius 3 is 3.14 bits per heavy atom. The van der Waals surface area contributed by atoms with Gasteiger partial charge in [-0.2, -0.15) is 0 Å². The van der Waals surface area contributed by atoms with Gasteiger partial charge in [-0.25, -0.2) is 4.98 Å². The van der Waals surface area contributed by atoms with Crippen LogP contribution in [-0.4, -0.2) is 23.0 Å². The van der Waals surface area contributed by atoms with Crippen LogP contribution in [0.2, 0.25) is 0 Å². The molecule has 0 fully saturated rings. The van der Waals surface area contributed by atoms with Gasteiger partial charge >= 0.3 is 0 Å². The summed E-state index contributed by atoms with van der Waals surface area (Å²) in [6.45, 7) is 1.87. The normalized spacial score (nSPS) is 14.6. The van der Waals surface area contributed by atoms with Crippen molar-refractivity contribution in [1.29, 1.82) is 0 Å². The quantitative estimate of drug-likeness (QED) is 0.806. The van der Waals surface area contributed by atoms with Crippen LogP contribution in [0.1, 0.15) is 17.7 Å². The standard InChI is InChI=1S/C16H18N4S/c1-17-11-14-15(18-16-20(14)9-10-21-16)19-8-4-6-12-5-2-3-7-13(12)19/h2-3,5,7,9-10,17H,4,6,8,11H2,1H3. The van der Waals surface area contributed by atoms with Crippen molar-refractivity contribution >= 4 is 27.8 Å². The number of imidazole rings is 1. The van der Waals surface area contributed by atoms with E-state index in [2.05, 4.69) is 50.5 Å². The maximum absolute atomic E-state index is 4.88. The Morgan fingerprint density at radius 1 is 1.33 bits per heavy atom. The molecule has 0 unspecified atom stereocenters. The van der Waals surface area contributed by atoms with Crippen molar-refractivity contribution in [3.05, 3.63) is 47.1 Å². The van der Waals surface area contributed by atoms with Gasteiger partial charge < -0.3 is 10.2 Å². The van der Waals surface area contributed by atoms with Gasteiger partial charge in [0, 0.05) is 30.4 Å². The molecule has 0 bridgehead atoms. The second kappa shape index (κ2) is 5.16. The van der Waals surface area contributed by atoms with Crippen molar-refractivity contribution in [2.45, 2.75) is 19.4 Å². The number of nitrogens with one attached hydrogen (secondary N) is 1. The molecule has 1 aromatic carbocycles. The zero-order valence-electron chi connectivity index (χ0n) is 12.0. The minimum Gasteiger partial charge on any atom is -0.325 e. The number of hydrogen-bond donors (Lipinski definition) is 1. The molecule has 0 spiro atoms. The fraction of sp³-hybridized carbons (Fsp3) is 0.312. The Hall–Kier alpha value is -1.85. The highest BCUT2D eigenvalue weighted by Gasteiger charge is 2.24. The number of rotatable bonds is 3. The van der Waals surface area contributed by atoms with Crippen molar-refractivity contribution in [2.75, 3.05) is 18.5 Å². The topological polar surface area (TPSA) is 32.6 Å². The number of aromatic nitrogens is 2. The SMILES string of the molecule is CNCc1c(N2CCCc3ccccc32)nc2sccn12. The molecule has 4 rings (SSSR count). The van der Waals surface area contributed by atoms with Crippen LogP contribution in [0.15, 0.2) is 35.8 Å². The highest BCUT2D eigenvalue weighted by Crippen LogP contribution is 2.35. The third kappa shape index (κ3) is 2.04. The van der Waals surface area contributed by atoms with Gasteiger partial charge in [-0.1, -0.05) is 18.2 Å². The first-order chi connectivity index (χ1) is 10.4. The number of nitrogens with zero attached hydrogens (tertiary/aromatic N) is 3. The van der Waals surface area contributed by atoms with E-state index in [1.165, 1.54) is 23.4 Å². The second-order valence-corrected chi connectivity index (χ2v) is 6.22. The molecule has 3 heterocycles. The molecule has 0 amide bonds. The lowest BCUT2D eigenvalue weighted by Crippen LogP contribution is -2.26. The first-order valence-electron chi connectivity index (χ1n) is 7.33. The molecular weight excluding hydrogens is 280 g/mol. The molecule has 0 aliphatic carbocycles. The largest absolute Gasteiger partial charge is 0.325 e. The van der Waals surface area contributed by atoms with Crippen LogP contribution < -0.4 is 10.2 Å². The van der Waals surface area contributed by atoms with Gasteiger partial charge in [0.1, 0.15) is 0 Å². The maximum Gasteiger partial charge on any atom is 0.195 e. The smallest absolute Gasteiger partial charge is 0.195 e. The van der Waals surface area contributed by atoms with E-state index in [1.54, 1.807) is 11.3 Å². The summed E-state index contributed by atoms with van der Waals surface area (Å²) in [4.78, 5) is 8.33. The zero-order valence-corrected chi connectivity index (χ0v) is 12.9. The fourth-order valence-corrected chi connectivity index (χ4v) is 3.85. The molecule has 1 aliphatic heterocycles. The molecule has 4 nitrogen and oxygen atoms in total. The Morgan fingerprint density at radius 2 is 2.24 bits per heavy atom. The summed E-state index contributed by atoms with van der Waals surface area (Å²) in [5.41, 5.74) is 3.98. The minimum atomic E-state index is 0.825. The zero-order chi connectivity index (χ0) is 14.2. The summed E-state index contributed by atoms with van der Waals surface area (Å²) < 4.78 is 2.20. The lowest BCUT2D eigenvalue weighted by Gasteiger charge is -2.30. The van der Waals surface area contributed by atoms with Crippen LogP contribution >= 0.6 is 11.3 Å². The summed E-state index contributed by atoms with van der Waals surface area (Å²) in [5.74, 6) is 1.10. The van der Waals surface area contributed by atoms with E-state index in [1.807, 2.05) is 7.05 Å². The predicted octanol–water partition coefficient (Wildman–Crippen LogP) is 3.20. The van der Waals surface area contributed by atoms with Crippen molar-refractivity contribution in [2.24, 2.45) is 0 Å². The number of aryl methyl sites for hydroxylation is 1. The van der Waals surface area contributed by atoms with E-state index in [9.17, 15) is 0 Å². The second-order valence-electron chi connectivity index (χ2n) is 5.35. The molecule has 1 aliphatic rings. The highest BCUT2D eigenvalue weighted by atomic mass is 32.1. The average molecular weight is 298 g/mol. The summed E-state index contributed by atoms with van der Waals surface area (Å²) in [5, 5.41) is 5.37. The number of para-hydroxylation sites is 1. The van der Waals surface area contributed by atoms with Crippen molar-refractivity contribution < 1.29 is 0 Å². The summed E-state index contributed by atoms with van der Waals surface area (Å²) in [6.07, 6.45) is 4.45. The molecule has 0 saturated heterocycles. The molecule has 1 N–H and O–H groups in total. The highest BCUT2D eigenvalue weighted by molar-refractivity contribution is 7.15. The van der Waals surface area contributed by atoms with Crippen LogP contribution in [0.25, 0.3) is 4.96 Å². The number of fused-ring (bicyclic) bond motifs is 2. The van der Waals surface area contributed by atoms with Crippen LogP contribution in [0.3, 0.4) is 0 Å². The van der Waals surface area contributed by atoms with Crippen molar-refractivity contribution in [1.82, 2.24) is 14.7 Å². The third-order valence-electron chi connectivity index (χ3n) is 4.05. The third-order valence-corrected chi connectivity index (χ3v) is 4.81. The number of benzene rings is 1. The van der Waals surface area contributed by atoms with E-state index in [4.69, 9.17) is 4.98 Å². The number of hydrogen-bond acceptors (Lipinski definition) is 4. The van der Waals surface area contributed by atoms with Crippen LogP contribution in [0.4, 0.5) is 11.5 Å². The minimum absolute atomic E-state index is 0.825. The average Bonchev–Trinajstić information content (AvgIpc) is 3.10. The van der Waals surface area contributed by atoms with E-state index in [-0.39, 0.29) is 0 Å². The molecule has 3 aromatic rings. The van der Waals surface area contributed by atoms with E-state index in [0.29, 0.717) is 0 Å². The number of thiazole rings is 1. The van der Waals surface area contributed by atoms with Crippen LogP contribution in [0, 0.1) is 0 Å². The number of anilines is 2. The molecule has 5 heteroatoms. The lowest BCUT2D eigenvalue weighted by molar-refractivity contribution is 0.741. The maximum atomic E-state index is 4.88. The predicted molar refractivity (Wildman–Crippen MR) is 87.6 cm³/mol. The van der Waals surface area contributed by atoms with Crippen LogP contribution in [-0.2, 0) is 13.0 Å². The summed E-state index contributed by atoms with van der Waals surface area (Å²) in [7, 11) is 1.99. The molecular formula is C16H18N4S. The van der Waals surface area contributed by atoms with E-state index < -0.39 is 0 Å². The fourth-order valence-electron chi connectivity index (χ4n) is 3.12. The molecule has 21 heavy (non-hydrogen) atoms. The molecule has 0 atom stereocenters. The van der Waals surface area contributed by atoms with Gasteiger partial charge in [-0.3, -0.25) is 4.40 Å². The van der Waals surface area contributed by atoms with Gasteiger partial charge in [0.25, 0.3) is 0 Å².